The third kappa shape index (κ3) is 5.86. The lowest BCUT2D eigenvalue weighted by molar-refractivity contribution is 0.0693. The molecule has 1 saturated heterocycles. The zero-order valence-corrected chi connectivity index (χ0v) is 19.1. The van der Waals surface area contributed by atoms with Crippen molar-refractivity contribution < 1.29 is 13.2 Å². The van der Waals surface area contributed by atoms with Gasteiger partial charge in [-0.1, -0.05) is 18.6 Å². The third-order valence-corrected chi connectivity index (χ3v) is 8.16. The molecule has 1 aliphatic heterocycles. The summed E-state index contributed by atoms with van der Waals surface area (Å²) in [4.78, 5) is 15.9. The van der Waals surface area contributed by atoms with E-state index in [2.05, 4.69) is 17.7 Å². The molecule has 160 valence electrons. The number of nitrogens with one attached hydrogen (secondary N) is 1. The van der Waals surface area contributed by atoms with Crippen molar-refractivity contribution in [3.63, 3.8) is 0 Å². The molecule has 0 bridgehead atoms. The zero-order valence-electron chi connectivity index (χ0n) is 17.4. The molecular weight excluding hydrogens is 404 g/mol. The van der Waals surface area contributed by atoms with Gasteiger partial charge in [0.05, 0.1) is 10.5 Å². The summed E-state index contributed by atoms with van der Waals surface area (Å²) >= 11 is 1.47. The Morgan fingerprint density at radius 1 is 1.24 bits per heavy atom. The highest BCUT2D eigenvalue weighted by molar-refractivity contribution is 7.98. The Hall–Kier alpha value is -1.31. The first kappa shape index (κ1) is 22.4. The molecule has 1 heterocycles. The number of hydrogen-bond donors (Lipinski definition) is 1. The van der Waals surface area contributed by atoms with Gasteiger partial charge in [0.1, 0.15) is 0 Å². The normalized spacial score (nSPS) is 18.6. The Labute approximate surface area is 179 Å². The second-order valence-electron chi connectivity index (χ2n) is 8.09. The first-order valence-corrected chi connectivity index (χ1v) is 13.3. The van der Waals surface area contributed by atoms with Gasteiger partial charge in [-0.2, -0.15) is 0 Å². The van der Waals surface area contributed by atoms with E-state index in [9.17, 15) is 13.2 Å². The lowest BCUT2D eigenvalue weighted by Gasteiger charge is -2.30. The summed E-state index contributed by atoms with van der Waals surface area (Å²) in [7, 11) is -3.64. The van der Waals surface area contributed by atoms with E-state index in [1.54, 1.807) is 18.2 Å². The van der Waals surface area contributed by atoms with Crippen LogP contribution in [0.2, 0.25) is 0 Å². The van der Waals surface area contributed by atoms with Gasteiger partial charge in [0, 0.05) is 24.5 Å². The minimum atomic E-state index is -3.64. The first-order valence-electron chi connectivity index (χ1n) is 10.6. The summed E-state index contributed by atoms with van der Waals surface area (Å²) in [6.07, 6.45) is 11.5. The van der Waals surface area contributed by atoms with Crippen LogP contribution in [-0.2, 0) is 10.0 Å². The number of carbonyl (C=O) groups excluding carboxylic acids is 1. The van der Waals surface area contributed by atoms with E-state index >= 15 is 0 Å². The Bertz CT molecular complexity index is 857. The fourth-order valence-corrected chi connectivity index (χ4v) is 5.59. The van der Waals surface area contributed by atoms with Crippen LogP contribution in [0.25, 0.3) is 0 Å². The SMILES string of the molecule is CSc1ccc(S(=O)(=O)NCCC2=CCCCC2)cc1C(=O)N1CCC(C)CC1. The van der Waals surface area contributed by atoms with Gasteiger partial charge in [-0.25, -0.2) is 13.1 Å². The molecular formula is C22H32N2O3S2. The predicted molar refractivity (Wildman–Crippen MR) is 119 cm³/mol. The minimum absolute atomic E-state index is 0.0642. The maximum atomic E-state index is 13.1. The van der Waals surface area contributed by atoms with Crippen molar-refractivity contribution in [2.75, 3.05) is 25.9 Å². The number of benzene rings is 1. The molecule has 7 heteroatoms. The molecule has 1 aromatic rings. The Morgan fingerprint density at radius 3 is 2.66 bits per heavy atom. The standard InChI is InChI=1S/C22H32N2O3S2/c1-17-11-14-24(15-12-17)22(25)20-16-19(8-9-21(20)28-2)29(26,27)23-13-10-18-6-4-3-5-7-18/h6,8-9,16-17,23H,3-5,7,10-15H2,1-2H3. The molecule has 0 radical (unpaired) electrons. The molecule has 5 nitrogen and oxygen atoms in total. The van der Waals surface area contributed by atoms with Crippen LogP contribution in [0, 0.1) is 5.92 Å². The number of rotatable bonds is 7. The van der Waals surface area contributed by atoms with Gasteiger partial charge in [0.25, 0.3) is 5.91 Å². The molecule has 1 fully saturated rings. The van der Waals surface area contributed by atoms with Crippen molar-refractivity contribution in [1.29, 1.82) is 0 Å². The van der Waals surface area contributed by atoms with Crippen LogP contribution in [0.5, 0.6) is 0 Å². The van der Waals surface area contributed by atoms with Crippen molar-refractivity contribution in [1.82, 2.24) is 9.62 Å². The molecule has 0 aromatic heterocycles. The Morgan fingerprint density at radius 2 is 2.00 bits per heavy atom. The minimum Gasteiger partial charge on any atom is -0.339 e. The molecule has 1 aliphatic carbocycles. The van der Waals surface area contributed by atoms with E-state index in [0.717, 1.165) is 50.1 Å². The molecule has 0 saturated carbocycles. The van der Waals surface area contributed by atoms with Crippen molar-refractivity contribution in [3.05, 3.63) is 35.4 Å². The molecule has 1 amide bonds. The van der Waals surface area contributed by atoms with Crippen LogP contribution in [0.3, 0.4) is 0 Å². The highest BCUT2D eigenvalue weighted by atomic mass is 32.2. The summed E-state index contributed by atoms with van der Waals surface area (Å²) in [5.74, 6) is 0.569. The maximum absolute atomic E-state index is 13.1. The molecule has 3 rings (SSSR count). The van der Waals surface area contributed by atoms with E-state index in [-0.39, 0.29) is 10.8 Å². The molecule has 1 N–H and O–H groups in total. The van der Waals surface area contributed by atoms with Crippen LogP contribution in [0.15, 0.2) is 39.6 Å². The number of amides is 1. The average molecular weight is 437 g/mol. The molecule has 1 aromatic carbocycles. The van der Waals surface area contributed by atoms with Gasteiger partial charge in [-0.05, 0) is 75.3 Å². The van der Waals surface area contributed by atoms with Crippen LogP contribution in [-0.4, -0.2) is 45.1 Å². The van der Waals surface area contributed by atoms with E-state index in [0.29, 0.717) is 18.0 Å². The van der Waals surface area contributed by atoms with Crippen LogP contribution in [0.4, 0.5) is 0 Å². The highest BCUT2D eigenvalue weighted by Gasteiger charge is 2.25. The zero-order chi connectivity index (χ0) is 20.9. The Kier molecular flexibility index (Phi) is 7.82. The number of carbonyl (C=O) groups is 1. The van der Waals surface area contributed by atoms with Gasteiger partial charge < -0.3 is 4.90 Å². The summed E-state index contributed by atoms with van der Waals surface area (Å²) in [5.41, 5.74) is 1.83. The van der Waals surface area contributed by atoms with Crippen molar-refractivity contribution >= 4 is 27.7 Å². The van der Waals surface area contributed by atoms with E-state index < -0.39 is 10.0 Å². The summed E-state index contributed by atoms with van der Waals surface area (Å²) in [5, 5.41) is 0. The third-order valence-electron chi connectivity index (χ3n) is 5.91. The summed E-state index contributed by atoms with van der Waals surface area (Å²) in [6, 6.07) is 4.90. The first-order chi connectivity index (χ1) is 13.9. The Balaban J connectivity index is 1.72. The van der Waals surface area contributed by atoms with Gasteiger partial charge in [-0.15, -0.1) is 11.8 Å². The van der Waals surface area contributed by atoms with Crippen molar-refractivity contribution in [3.8, 4) is 0 Å². The van der Waals surface area contributed by atoms with Crippen LogP contribution >= 0.6 is 11.8 Å². The molecule has 29 heavy (non-hydrogen) atoms. The number of thioether (sulfide) groups is 1. The summed E-state index contributed by atoms with van der Waals surface area (Å²) in [6.45, 7) is 4.07. The molecule has 2 aliphatic rings. The number of nitrogens with zero attached hydrogens (tertiary/aromatic N) is 1. The van der Waals surface area contributed by atoms with Crippen LogP contribution < -0.4 is 4.72 Å². The van der Waals surface area contributed by atoms with E-state index in [4.69, 9.17) is 0 Å². The van der Waals surface area contributed by atoms with E-state index in [1.165, 1.54) is 30.2 Å². The lowest BCUT2D eigenvalue weighted by atomic mass is 9.97. The number of piperidine rings is 1. The summed E-state index contributed by atoms with van der Waals surface area (Å²) < 4.78 is 28.3. The highest BCUT2D eigenvalue weighted by Crippen LogP contribution is 2.27. The molecule has 0 atom stereocenters. The van der Waals surface area contributed by atoms with Crippen molar-refractivity contribution in [2.45, 2.75) is 61.7 Å². The second-order valence-corrected chi connectivity index (χ2v) is 10.7. The lowest BCUT2D eigenvalue weighted by Crippen LogP contribution is -2.38. The monoisotopic (exact) mass is 436 g/mol. The fourth-order valence-electron chi connectivity index (χ4n) is 3.96. The predicted octanol–water partition coefficient (Wildman–Crippen LogP) is 4.45. The van der Waals surface area contributed by atoms with Crippen molar-refractivity contribution in [2.24, 2.45) is 5.92 Å². The number of allylic oxidation sites excluding steroid dienone is 1. The van der Waals surface area contributed by atoms with Gasteiger partial charge >= 0.3 is 0 Å². The van der Waals surface area contributed by atoms with Crippen LogP contribution in [0.1, 0.15) is 62.2 Å². The number of likely N-dealkylation sites (tertiary alicyclic amines) is 1. The smallest absolute Gasteiger partial charge is 0.255 e. The quantitative estimate of drug-likeness (QED) is 0.507. The fraction of sp³-hybridized carbons (Fsp3) is 0.591. The largest absolute Gasteiger partial charge is 0.339 e. The topological polar surface area (TPSA) is 66.5 Å². The maximum Gasteiger partial charge on any atom is 0.255 e. The molecule has 0 unspecified atom stereocenters. The molecule has 0 spiro atoms. The van der Waals surface area contributed by atoms with E-state index in [1.807, 2.05) is 11.2 Å². The second kappa shape index (κ2) is 10.1. The van der Waals surface area contributed by atoms with Gasteiger partial charge in [0.2, 0.25) is 10.0 Å². The number of hydrogen-bond acceptors (Lipinski definition) is 4. The van der Waals surface area contributed by atoms with Gasteiger partial charge in [-0.3, -0.25) is 4.79 Å². The number of sulfonamides is 1. The average Bonchev–Trinajstić information content (AvgIpc) is 2.74. The van der Waals surface area contributed by atoms with Gasteiger partial charge in [0.15, 0.2) is 0 Å².